The molecule has 2 fully saturated rings. The average molecular weight is 448 g/mol. The van der Waals surface area contributed by atoms with Crippen LogP contribution in [0.3, 0.4) is 0 Å². The molecule has 2 aliphatic heterocycles. The normalized spacial score (nSPS) is 20.3. The second-order valence-electron chi connectivity index (χ2n) is 8.63. The first-order chi connectivity index (χ1) is 15.3. The van der Waals surface area contributed by atoms with Crippen LogP contribution in [0.5, 0.6) is 0 Å². The van der Waals surface area contributed by atoms with Crippen molar-refractivity contribution in [2.24, 2.45) is 0 Å². The largest absolute Gasteiger partial charge is 0.385 e. The van der Waals surface area contributed by atoms with Crippen LogP contribution < -0.4 is 5.32 Å². The summed E-state index contributed by atoms with van der Waals surface area (Å²) in [7, 11) is 0. The van der Waals surface area contributed by atoms with E-state index >= 15 is 0 Å². The second-order valence-corrected chi connectivity index (χ2v) is 8.63. The lowest BCUT2D eigenvalue weighted by Gasteiger charge is -2.51. The van der Waals surface area contributed by atoms with Crippen molar-refractivity contribution in [3.8, 4) is 0 Å². The summed E-state index contributed by atoms with van der Waals surface area (Å²) in [5.74, 6) is -3.55. The summed E-state index contributed by atoms with van der Waals surface area (Å²) in [6.45, 7) is 5.88. The Labute approximate surface area is 185 Å². The molecule has 0 spiro atoms. The number of likely N-dealkylation sites (N-methyl/N-ethyl adjacent to an activating group) is 1. The molecule has 1 unspecified atom stereocenters. The van der Waals surface area contributed by atoms with Crippen molar-refractivity contribution in [1.29, 1.82) is 0 Å². The standard InChI is InChI=1S/C24H28F3N3O2/c1-3-15-7-10-19(18(26)12-15)28-22-16(8-9-17(25)21(22)27)23(31)30-13-24(32,14-30)20-6-5-11-29(20)4-2/h7-10,12,20,28,32H,3-6,11,13-14H2,1-2H3. The first-order valence-corrected chi connectivity index (χ1v) is 11.1. The van der Waals surface area contributed by atoms with Crippen molar-refractivity contribution in [1.82, 2.24) is 9.80 Å². The van der Waals surface area contributed by atoms with Gasteiger partial charge in [0.05, 0.1) is 30.0 Å². The Kier molecular flexibility index (Phi) is 6.18. The van der Waals surface area contributed by atoms with Crippen LogP contribution in [0.15, 0.2) is 30.3 Å². The Balaban J connectivity index is 1.57. The fourth-order valence-corrected chi connectivity index (χ4v) is 4.82. The molecular formula is C24H28F3N3O2. The van der Waals surface area contributed by atoms with Gasteiger partial charge in [-0.25, -0.2) is 13.2 Å². The van der Waals surface area contributed by atoms with E-state index in [1.54, 1.807) is 6.07 Å². The smallest absolute Gasteiger partial charge is 0.256 e. The number of amides is 1. The van der Waals surface area contributed by atoms with Crippen molar-refractivity contribution in [3.63, 3.8) is 0 Å². The van der Waals surface area contributed by atoms with Crippen molar-refractivity contribution in [3.05, 3.63) is 58.9 Å². The van der Waals surface area contributed by atoms with E-state index in [2.05, 4.69) is 10.2 Å². The lowest BCUT2D eigenvalue weighted by molar-refractivity contribution is -0.123. The number of likely N-dealkylation sites (tertiary alicyclic amines) is 2. The highest BCUT2D eigenvalue weighted by atomic mass is 19.2. The van der Waals surface area contributed by atoms with E-state index < -0.39 is 34.6 Å². The zero-order chi connectivity index (χ0) is 23.0. The Morgan fingerprint density at radius 1 is 1.16 bits per heavy atom. The predicted octanol–water partition coefficient (Wildman–Crippen LogP) is 4.08. The molecule has 0 aliphatic carbocycles. The molecule has 2 aromatic rings. The third-order valence-electron chi connectivity index (χ3n) is 6.63. The fraction of sp³-hybridized carbons (Fsp3) is 0.458. The number of β-amino-alcohol motifs (C(OH)–C–C–N with tert-alkyl or cyclic N) is 1. The van der Waals surface area contributed by atoms with E-state index in [1.165, 1.54) is 23.1 Å². The van der Waals surface area contributed by atoms with Gasteiger partial charge in [-0.2, -0.15) is 0 Å². The number of aliphatic hydroxyl groups is 1. The Hall–Kier alpha value is -2.58. The molecule has 32 heavy (non-hydrogen) atoms. The summed E-state index contributed by atoms with van der Waals surface area (Å²) in [6, 6.07) is 6.48. The quantitative estimate of drug-likeness (QED) is 0.701. The van der Waals surface area contributed by atoms with Crippen LogP contribution in [0, 0.1) is 17.5 Å². The predicted molar refractivity (Wildman–Crippen MR) is 117 cm³/mol. The van der Waals surface area contributed by atoms with Crippen molar-refractivity contribution in [2.45, 2.75) is 44.8 Å². The monoisotopic (exact) mass is 447 g/mol. The minimum Gasteiger partial charge on any atom is -0.385 e. The van der Waals surface area contributed by atoms with Gasteiger partial charge in [0.1, 0.15) is 11.4 Å². The van der Waals surface area contributed by atoms with E-state index in [0.717, 1.165) is 37.6 Å². The summed E-state index contributed by atoms with van der Waals surface area (Å²) in [4.78, 5) is 16.7. The van der Waals surface area contributed by atoms with Crippen LogP contribution in [-0.4, -0.2) is 58.6 Å². The van der Waals surface area contributed by atoms with Gasteiger partial charge in [0.2, 0.25) is 0 Å². The Morgan fingerprint density at radius 2 is 1.91 bits per heavy atom. The second kappa shape index (κ2) is 8.75. The summed E-state index contributed by atoms with van der Waals surface area (Å²) in [5, 5.41) is 13.6. The molecule has 2 aliphatic rings. The molecule has 2 aromatic carbocycles. The molecule has 0 aromatic heterocycles. The summed E-state index contributed by atoms with van der Waals surface area (Å²) in [6.07, 6.45) is 2.48. The number of rotatable bonds is 6. The van der Waals surface area contributed by atoms with Crippen molar-refractivity contribution < 1.29 is 23.1 Å². The van der Waals surface area contributed by atoms with E-state index in [9.17, 15) is 23.1 Å². The van der Waals surface area contributed by atoms with Gasteiger partial charge in [-0.1, -0.05) is 19.9 Å². The lowest BCUT2D eigenvalue weighted by Crippen LogP contribution is -2.70. The molecule has 1 amide bonds. The molecule has 0 bridgehead atoms. The van der Waals surface area contributed by atoms with Crippen molar-refractivity contribution >= 4 is 17.3 Å². The van der Waals surface area contributed by atoms with Gasteiger partial charge >= 0.3 is 0 Å². The van der Waals surface area contributed by atoms with Gasteiger partial charge in [0.25, 0.3) is 5.91 Å². The summed E-state index contributed by atoms with van der Waals surface area (Å²) < 4.78 is 43.1. The fourth-order valence-electron chi connectivity index (χ4n) is 4.82. The molecule has 5 nitrogen and oxygen atoms in total. The Bertz CT molecular complexity index is 1020. The van der Waals surface area contributed by atoms with Gasteiger partial charge in [0.15, 0.2) is 11.6 Å². The van der Waals surface area contributed by atoms with Crippen molar-refractivity contribution in [2.75, 3.05) is 31.5 Å². The molecule has 2 N–H and O–H groups in total. The number of hydrogen-bond donors (Lipinski definition) is 2. The van der Waals surface area contributed by atoms with Crippen LogP contribution in [0.4, 0.5) is 24.5 Å². The first-order valence-electron chi connectivity index (χ1n) is 11.1. The maximum atomic E-state index is 14.7. The highest BCUT2D eigenvalue weighted by Gasteiger charge is 2.52. The van der Waals surface area contributed by atoms with Crippen LogP contribution in [-0.2, 0) is 6.42 Å². The molecule has 2 heterocycles. The van der Waals surface area contributed by atoms with E-state index in [-0.39, 0.29) is 30.4 Å². The third-order valence-corrected chi connectivity index (χ3v) is 6.63. The maximum Gasteiger partial charge on any atom is 0.256 e. The van der Waals surface area contributed by atoms with Gasteiger partial charge in [-0.05, 0) is 62.2 Å². The highest BCUT2D eigenvalue weighted by molar-refractivity contribution is 6.01. The number of anilines is 2. The molecule has 0 radical (unpaired) electrons. The molecule has 8 heteroatoms. The minimum atomic E-state index is -1.25. The number of nitrogens with zero attached hydrogens (tertiary/aromatic N) is 2. The number of hydrogen-bond acceptors (Lipinski definition) is 4. The summed E-state index contributed by atoms with van der Waals surface area (Å²) >= 11 is 0. The third kappa shape index (κ3) is 3.97. The lowest BCUT2D eigenvalue weighted by atomic mass is 9.84. The maximum absolute atomic E-state index is 14.7. The van der Waals surface area contributed by atoms with Crippen LogP contribution in [0.1, 0.15) is 42.6 Å². The SMILES string of the molecule is CCc1ccc(Nc2c(C(=O)N3CC(O)(C4CCCN4CC)C3)ccc(F)c2F)c(F)c1. The highest BCUT2D eigenvalue weighted by Crippen LogP contribution is 2.36. The first kappa shape index (κ1) is 22.6. The van der Waals surface area contributed by atoms with E-state index in [4.69, 9.17) is 0 Å². The van der Waals surface area contributed by atoms with Gasteiger partial charge in [-0.3, -0.25) is 9.69 Å². The van der Waals surface area contributed by atoms with Gasteiger partial charge in [-0.15, -0.1) is 0 Å². The zero-order valence-electron chi connectivity index (χ0n) is 18.3. The van der Waals surface area contributed by atoms with Crippen LogP contribution >= 0.6 is 0 Å². The van der Waals surface area contributed by atoms with E-state index in [1.807, 2.05) is 13.8 Å². The molecular weight excluding hydrogens is 419 g/mol. The molecule has 4 rings (SSSR count). The molecule has 1 atom stereocenters. The molecule has 172 valence electrons. The van der Waals surface area contributed by atoms with E-state index in [0.29, 0.717) is 6.42 Å². The van der Waals surface area contributed by atoms with Crippen LogP contribution in [0.2, 0.25) is 0 Å². The average Bonchev–Trinajstić information content (AvgIpc) is 3.25. The summed E-state index contributed by atoms with van der Waals surface area (Å²) in [5.41, 5.74) is -0.827. The van der Waals surface area contributed by atoms with Crippen LogP contribution in [0.25, 0.3) is 0 Å². The molecule has 0 saturated carbocycles. The zero-order valence-corrected chi connectivity index (χ0v) is 18.3. The van der Waals surface area contributed by atoms with Gasteiger partial charge in [0, 0.05) is 6.04 Å². The topological polar surface area (TPSA) is 55.8 Å². The Morgan fingerprint density at radius 3 is 2.56 bits per heavy atom. The minimum absolute atomic E-state index is 0.0229. The number of carbonyl (C=O) groups is 1. The molecule has 2 saturated heterocycles. The number of carbonyl (C=O) groups excluding carboxylic acids is 1. The number of nitrogens with one attached hydrogen (secondary N) is 1. The number of aryl methyl sites for hydroxylation is 1. The number of halogens is 3. The number of benzene rings is 2. The van der Waals surface area contributed by atoms with Gasteiger partial charge < -0.3 is 15.3 Å².